The molecule has 3 unspecified atom stereocenters. The summed E-state index contributed by atoms with van der Waals surface area (Å²) in [6, 6.07) is 0. The van der Waals surface area contributed by atoms with E-state index in [0.29, 0.717) is 31.6 Å². The molecule has 0 bridgehead atoms. The fourth-order valence-electron chi connectivity index (χ4n) is 11.5. The molecule has 0 aromatic carbocycles. The third-order valence-electron chi connectivity index (χ3n) is 17.9. The van der Waals surface area contributed by atoms with Crippen molar-refractivity contribution in [2.45, 2.75) is 401 Å². The molecule has 0 aromatic heterocycles. The van der Waals surface area contributed by atoms with Gasteiger partial charge in [-0.05, 0) is 49.4 Å². The first-order valence-electron chi connectivity index (χ1n) is 39.2. The average Bonchev–Trinajstić information content (AvgIpc) is 2.70. The van der Waals surface area contributed by atoms with Crippen LogP contribution in [0.3, 0.4) is 0 Å². The van der Waals surface area contributed by atoms with Crippen LogP contribution >= 0.6 is 15.6 Å². The molecule has 19 heteroatoms. The number of phosphoric ester groups is 2. The van der Waals surface area contributed by atoms with Crippen molar-refractivity contribution in [2.75, 3.05) is 39.6 Å². The zero-order valence-electron chi connectivity index (χ0n) is 62.3. The molecule has 17 nitrogen and oxygen atoms in total. The van der Waals surface area contributed by atoms with E-state index in [1.54, 1.807) is 0 Å². The van der Waals surface area contributed by atoms with Gasteiger partial charge in [0.2, 0.25) is 0 Å². The Morgan fingerprint density at radius 1 is 0.295 bits per heavy atom. The second kappa shape index (κ2) is 65.4. The molecule has 0 amide bonds. The highest BCUT2D eigenvalue weighted by atomic mass is 31.2. The Balaban J connectivity index is 5.16. The first-order chi connectivity index (χ1) is 45.6. The van der Waals surface area contributed by atoms with Gasteiger partial charge >= 0.3 is 39.5 Å². The van der Waals surface area contributed by atoms with Crippen LogP contribution in [-0.2, 0) is 65.4 Å². The third kappa shape index (κ3) is 69.0. The molecule has 0 radical (unpaired) electrons. The largest absolute Gasteiger partial charge is 0.472 e. The summed E-state index contributed by atoms with van der Waals surface area (Å²) in [6.07, 6.45) is 50.3. The quantitative estimate of drug-likeness (QED) is 0.0222. The molecule has 95 heavy (non-hydrogen) atoms. The van der Waals surface area contributed by atoms with Crippen LogP contribution in [0.1, 0.15) is 383 Å². The molecular weight excluding hydrogens is 1250 g/mol. The Morgan fingerprint density at radius 3 is 0.747 bits per heavy atom. The van der Waals surface area contributed by atoms with E-state index in [1.807, 2.05) is 0 Å². The fourth-order valence-corrected chi connectivity index (χ4v) is 13.1. The summed E-state index contributed by atoms with van der Waals surface area (Å²) in [5.41, 5.74) is 0. The SMILES string of the molecule is CCC(C)CCCCCCCCC(=O)OC[C@H](COP(=O)(O)OC[C@H](O)COP(=O)(O)OC[C@@H](COC(=O)CCCCCCCCCCCCCCCCC(C)C)OC(=O)CCCCCCCCC(C)C)OC(=O)CCCCCCCCCCCCCCCCCCC(C)C. The lowest BCUT2D eigenvalue weighted by Crippen LogP contribution is -2.30. The zero-order chi connectivity index (χ0) is 70.3. The molecule has 0 spiro atoms. The van der Waals surface area contributed by atoms with Gasteiger partial charge in [0.15, 0.2) is 12.2 Å². The summed E-state index contributed by atoms with van der Waals surface area (Å²) < 4.78 is 68.4. The minimum absolute atomic E-state index is 0.102. The van der Waals surface area contributed by atoms with Gasteiger partial charge in [0.05, 0.1) is 26.4 Å². The van der Waals surface area contributed by atoms with E-state index < -0.39 is 97.5 Å². The highest BCUT2D eigenvalue weighted by molar-refractivity contribution is 7.47. The van der Waals surface area contributed by atoms with Crippen molar-refractivity contribution in [2.24, 2.45) is 23.7 Å². The lowest BCUT2D eigenvalue weighted by molar-refractivity contribution is -0.161. The van der Waals surface area contributed by atoms with E-state index in [1.165, 1.54) is 180 Å². The van der Waals surface area contributed by atoms with Gasteiger partial charge in [-0.3, -0.25) is 37.3 Å². The summed E-state index contributed by atoms with van der Waals surface area (Å²) in [6.45, 7) is 14.1. The molecule has 564 valence electrons. The van der Waals surface area contributed by atoms with Crippen LogP contribution in [0.4, 0.5) is 0 Å². The Labute approximate surface area is 581 Å². The van der Waals surface area contributed by atoms with Crippen LogP contribution in [0.2, 0.25) is 0 Å². The van der Waals surface area contributed by atoms with E-state index in [2.05, 4.69) is 55.4 Å². The van der Waals surface area contributed by atoms with Crippen molar-refractivity contribution >= 4 is 39.5 Å². The van der Waals surface area contributed by atoms with Crippen LogP contribution in [0.5, 0.6) is 0 Å². The summed E-state index contributed by atoms with van der Waals surface area (Å²) in [7, 11) is -9.91. The average molecular weight is 1400 g/mol. The third-order valence-corrected chi connectivity index (χ3v) is 19.8. The maximum Gasteiger partial charge on any atom is 0.472 e. The number of ether oxygens (including phenoxy) is 4. The van der Waals surface area contributed by atoms with Crippen molar-refractivity contribution in [3.63, 3.8) is 0 Å². The van der Waals surface area contributed by atoms with Crippen LogP contribution in [-0.4, -0.2) is 96.7 Å². The smallest absolute Gasteiger partial charge is 0.462 e. The maximum atomic E-state index is 13.1. The Morgan fingerprint density at radius 2 is 0.505 bits per heavy atom. The van der Waals surface area contributed by atoms with E-state index in [-0.39, 0.29) is 25.7 Å². The van der Waals surface area contributed by atoms with Crippen molar-refractivity contribution in [3.8, 4) is 0 Å². The molecule has 6 atom stereocenters. The highest BCUT2D eigenvalue weighted by Crippen LogP contribution is 2.45. The summed E-state index contributed by atoms with van der Waals surface area (Å²) in [5.74, 6) is 0.882. The van der Waals surface area contributed by atoms with E-state index in [0.717, 1.165) is 114 Å². The molecule has 0 fully saturated rings. The van der Waals surface area contributed by atoms with Gasteiger partial charge in [0, 0.05) is 25.7 Å². The standard InChI is InChI=1S/C76H148O17P2/c1-9-69(8)55-47-39-33-35-41-49-57-74(79)87-63-71(92-75(80)58-50-42-31-27-23-19-13-11-10-12-16-20-24-28-36-44-52-66(2)3)64-90-94(82,83)88-60-70(77)61-89-95(84,85)91-65-72(93-76(81)59-51-43-34-32-38-46-54-68(6)7)62-86-73(78)56-48-40-30-26-22-18-15-14-17-21-25-29-37-45-53-67(4)5/h66-72,77H,9-65H2,1-8H3,(H,82,83)(H,84,85)/t69?,70-,71+,72+/m0/s1. The van der Waals surface area contributed by atoms with Crippen LogP contribution in [0, 0.1) is 23.7 Å². The Bertz CT molecular complexity index is 1870. The van der Waals surface area contributed by atoms with Gasteiger partial charge in [-0.25, -0.2) is 9.13 Å². The van der Waals surface area contributed by atoms with Gasteiger partial charge < -0.3 is 33.8 Å². The number of hydrogen-bond acceptors (Lipinski definition) is 15. The predicted octanol–water partition coefficient (Wildman–Crippen LogP) is 22.0. The fraction of sp³-hybridized carbons (Fsp3) is 0.947. The molecule has 0 saturated heterocycles. The molecule has 0 aliphatic rings. The maximum absolute atomic E-state index is 13.1. The van der Waals surface area contributed by atoms with Gasteiger partial charge in [-0.1, -0.05) is 331 Å². The van der Waals surface area contributed by atoms with Gasteiger partial charge in [0.25, 0.3) is 0 Å². The van der Waals surface area contributed by atoms with Crippen molar-refractivity contribution in [1.29, 1.82) is 0 Å². The molecule has 0 saturated carbocycles. The number of rotatable bonds is 73. The molecule has 0 aliphatic heterocycles. The van der Waals surface area contributed by atoms with E-state index in [4.69, 9.17) is 37.0 Å². The lowest BCUT2D eigenvalue weighted by atomic mass is 10.00. The molecule has 0 heterocycles. The van der Waals surface area contributed by atoms with E-state index in [9.17, 15) is 43.2 Å². The Hall–Kier alpha value is -1.94. The minimum atomic E-state index is -4.96. The molecule has 0 aliphatic carbocycles. The van der Waals surface area contributed by atoms with Gasteiger partial charge in [-0.15, -0.1) is 0 Å². The zero-order valence-corrected chi connectivity index (χ0v) is 64.1. The molecule has 0 aromatic rings. The number of aliphatic hydroxyl groups excluding tert-OH is 1. The first kappa shape index (κ1) is 93.1. The molecular formula is C76H148O17P2. The normalized spacial score (nSPS) is 14.4. The molecule has 3 N–H and O–H groups in total. The van der Waals surface area contributed by atoms with Gasteiger partial charge in [-0.2, -0.15) is 0 Å². The summed E-state index contributed by atoms with van der Waals surface area (Å²) >= 11 is 0. The number of carbonyl (C=O) groups excluding carboxylic acids is 4. The van der Waals surface area contributed by atoms with E-state index >= 15 is 0 Å². The van der Waals surface area contributed by atoms with Gasteiger partial charge in [0.1, 0.15) is 19.3 Å². The monoisotopic (exact) mass is 1400 g/mol. The van der Waals surface area contributed by atoms with Crippen LogP contribution in [0.25, 0.3) is 0 Å². The summed E-state index contributed by atoms with van der Waals surface area (Å²) in [5, 5.41) is 10.6. The topological polar surface area (TPSA) is 237 Å². The first-order valence-corrected chi connectivity index (χ1v) is 42.2. The second-order valence-corrected chi connectivity index (χ2v) is 32.0. The van der Waals surface area contributed by atoms with Crippen molar-refractivity contribution < 1.29 is 80.2 Å². The Kier molecular flexibility index (Phi) is 64.0. The van der Waals surface area contributed by atoms with Crippen molar-refractivity contribution in [3.05, 3.63) is 0 Å². The van der Waals surface area contributed by atoms with Crippen molar-refractivity contribution in [1.82, 2.24) is 0 Å². The summed E-state index contributed by atoms with van der Waals surface area (Å²) in [4.78, 5) is 72.7. The van der Waals surface area contributed by atoms with Crippen LogP contribution in [0.15, 0.2) is 0 Å². The number of unbranched alkanes of at least 4 members (excludes halogenated alkanes) is 38. The molecule has 0 rings (SSSR count). The number of aliphatic hydroxyl groups is 1. The van der Waals surface area contributed by atoms with Crippen LogP contribution < -0.4 is 0 Å². The number of esters is 4. The lowest BCUT2D eigenvalue weighted by Gasteiger charge is -2.21. The second-order valence-electron chi connectivity index (χ2n) is 29.1. The highest BCUT2D eigenvalue weighted by Gasteiger charge is 2.30. The number of hydrogen-bond donors (Lipinski definition) is 3. The number of carbonyl (C=O) groups is 4. The minimum Gasteiger partial charge on any atom is -0.462 e. The predicted molar refractivity (Wildman–Crippen MR) is 386 cm³/mol. The number of phosphoric acid groups is 2.